The molecule has 26 heteroatoms. The Bertz CT molecular complexity index is 2010. The highest BCUT2D eigenvalue weighted by Crippen LogP contribution is 2.30. The number of aromatic nitrogens is 4. The van der Waals surface area contributed by atoms with Crippen LogP contribution in [0.15, 0.2) is 59.7 Å². The second-order valence-corrected chi connectivity index (χ2v) is 12.4. The van der Waals surface area contributed by atoms with Crippen molar-refractivity contribution in [3.8, 4) is 0 Å². The number of oxazole rings is 1. The second-order valence-electron chi connectivity index (χ2n) is 12.0. The highest BCUT2D eigenvalue weighted by atomic mass is 35.5. The fourth-order valence-electron chi connectivity index (χ4n) is 4.92. The number of carbonyl (C=O) groups is 4. The molecule has 16 nitrogen and oxygen atoms in total. The van der Waals surface area contributed by atoms with Gasteiger partial charge >= 0.3 is 36.4 Å². The summed E-state index contributed by atoms with van der Waals surface area (Å²) >= 11 is 6.37. The summed E-state index contributed by atoms with van der Waals surface area (Å²) in [4.78, 5) is 59.3. The second kappa shape index (κ2) is 20.3. The van der Waals surface area contributed by atoms with E-state index in [0.717, 1.165) is 67.0 Å². The third kappa shape index (κ3) is 15.8. The summed E-state index contributed by atoms with van der Waals surface area (Å²) in [6.45, 7) is 1.67. The van der Waals surface area contributed by atoms with Crippen LogP contribution in [0, 0.1) is 5.92 Å². The number of carboxylic acids is 3. The van der Waals surface area contributed by atoms with Gasteiger partial charge in [0.1, 0.15) is 11.3 Å². The number of carboxylic acid groups (broad SMARTS) is 3. The maximum atomic E-state index is 13.1. The number of fused-ring (bicyclic) bond motifs is 6. The number of hydrogen-bond acceptors (Lipinski definition) is 12. The minimum Gasteiger partial charge on any atom is -0.475 e. The van der Waals surface area contributed by atoms with Gasteiger partial charge in [-0.25, -0.2) is 24.4 Å². The van der Waals surface area contributed by atoms with Gasteiger partial charge in [0, 0.05) is 37.1 Å². The van der Waals surface area contributed by atoms with E-state index >= 15 is 0 Å². The van der Waals surface area contributed by atoms with Crippen LogP contribution < -0.4 is 20.9 Å². The number of piperidine rings is 1. The molecule has 1 fully saturated rings. The van der Waals surface area contributed by atoms with E-state index in [9.17, 15) is 44.3 Å². The van der Waals surface area contributed by atoms with Crippen molar-refractivity contribution < 1.29 is 78.4 Å². The van der Waals surface area contributed by atoms with Gasteiger partial charge in [0.15, 0.2) is 5.82 Å². The number of amides is 1. The molecule has 6 N–H and O–H groups in total. The predicted octanol–water partition coefficient (Wildman–Crippen LogP) is 7.24. The van der Waals surface area contributed by atoms with Gasteiger partial charge in [0.25, 0.3) is 6.01 Å². The van der Waals surface area contributed by atoms with Crippen molar-refractivity contribution >= 4 is 70.3 Å². The standard InChI is InChI=1S/C27H27ClN8O2.3C2HF3O2/c28-22-16-31-26-33-21-11-18(14-29-15-21)1-2-19-13-20(32-25(22)35-26)3-4-23(19)34-24(37)12-17-5-8-36(9-6-17)27-30-7-10-38-27;3*3-2(4,5)1(6)7/h3-4,7,10-11,13-17H,1-2,5-6,8-9,12H2,(H,34,37)(H2,31,32,33,35);3*(H,6,7). The lowest BCUT2D eigenvalue weighted by Crippen LogP contribution is -2.35. The summed E-state index contributed by atoms with van der Waals surface area (Å²) in [5.74, 6) is -7.01. The molecule has 59 heavy (non-hydrogen) atoms. The smallest absolute Gasteiger partial charge is 0.475 e. The molecule has 2 aliphatic heterocycles. The molecule has 6 rings (SSSR count). The number of aliphatic carboxylic acids is 3. The zero-order valence-corrected chi connectivity index (χ0v) is 30.4. The molecule has 6 bridgehead atoms. The van der Waals surface area contributed by atoms with E-state index in [1.807, 2.05) is 30.5 Å². The van der Waals surface area contributed by atoms with E-state index < -0.39 is 36.4 Å². The number of carbonyl (C=O) groups excluding carboxylic acids is 1. The summed E-state index contributed by atoms with van der Waals surface area (Å²) in [6, 6.07) is 8.57. The van der Waals surface area contributed by atoms with Crippen LogP contribution in [-0.2, 0) is 32.0 Å². The molecule has 0 spiro atoms. The van der Waals surface area contributed by atoms with Gasteiger partial charge in [-0.15, -0.1) is 0 Å². The molecular formula is C33H30ClF9N8O8. The highest BCUT2D eigenvalue weighted by molar-refractivity contribution is 6.32. The Morgan fingerprint density at radius 1 is 0.814 bits per heavy atom. The number of hydrogen-bond donors (Lipinski definition) is 6. The van der Waals surface area contributed by atoms with Crippen LogP contribution >= 0.6 is 11.6 Å². The van der Waals surface area contributed by atoms with Crippen molar-refractivity contribution in [2.75, 3.05) is 33.9 Å². The van der Waals surface area contributed by atoms with Gasteiger partial charge in [0.05, 0.1) is 24.3 Å². The largest absolute Gasteiger partial charge is 0.490 e. The zero-order valence-electron chi connectivity index (χ0n) is 29.6. The van der Waals surface area contributed by atoms with Crippen LogP contribution in [-0.4, -0.2) is 90.7 Å². The summed E-state index contributed by atoms with van der Waals surface area (Å²) < 4.78 is 101. The summed E-state index contributed by atoms with van der Waals surface area (Å²) in [5.41, 5.74) is 4.52. The Hall–Kier alpha value is -6.40. The normalized spacial score (nSPS) is 13.9. The number of pyridine rings is 1. The molecule has 3 aromatic heterocycles. The average molecular weight is 873 g/mol. The topological polar surface area (TPSA) is 233 Å². The third-order valence-corrected chi connectivity index (χ3v) is 7.90. The fraction of sp³-hybridized carbons (Fsp3) is 0.333. The quantitative estimate of drug-likeness (QED) is 0.111. The molecule has 0 aliphatic carbocycles. The third-order valence-electron chi connectivity index (χ3n) is 7.63. The fourth-order valence-corrected chi connectivity index (χ4v) is 5.05. The zero-order chi connectivity index (χ0) is 44.1. The first-order valence-electron chi connectivity index (χ1n) is 16.4. The molecule has 320 valence electrons. The number of nitrogens with one attached hydrogen (secondary N) is 3. The van der Waals surface area contributed by atoms with Crippen LogP contribution in [0.2, 0.25) is 5.02 Å². The van der Waals surface area contributed by atoms with Crippen molar-refractivity contribution in [1.82, 2.24) is 19.9 Å². The van der Waals surface area contributed by atoms with Gasteiger partial charge in [0.2, 0.25) is 11.9 Å². The van der Waals surface area contributed by atoms with E-state index in [-0.39, 0.29) is 5.91 Å². The molecule has 5 heterocycles. The first-order chi connectivity index (χ1) is 27.4. The van der Waals surface area contributed by atoms with Gasteiger partial charge in [-0.1, -0.05) is 11.6 Å². The molecule has 1 saturated heterocycles. The number of alkyl halides is 9. The van der Waals surface area contributed by atoms with E-state index in [2.05, 4.69) is 40.8 Å². The maximum Gasteiger partial charge on any atom is 0.490 e. The molecule has 1 aromatic carbocycles. The lowest BCUT2D eigenvalue weighted by atomic mass is 9.93. The highest BCUT2D eigenvalue weighted by Gasteiger charge is 2.39. The predicted molar refractivity (Wildman–Crippen MR) is 187 cm³/mol. The molecule has 0 atom stereocenters. The lowest BCUT2D eigenvalue weighted by Gasteiger charge is -2.30. The Morgan fingerprint density at radius 3 is 1.95 bits per heavy atom. The van der Waals surface area contributed by atoms with E-state index in [4.69, 9.17) is 45.7 Å². The molecule has 4 aromatic rings. The summed E-state index contributed by atoms with van der Waals surface area (Å²) in [6.07, 6.45) is -3.06. The molecule has 0 radical (unpaired) electrons. The first-order valence-corrected chi connectivity index (χ1v) is 16.8. The van der Waals surface area contributed by atoms with Crippen LogP contribution in [0.5, 0.6) is 0 Å². The average Bonchev–Trinajstić information content (AvgIpc) is 3.68. The van der Waals surface area contributed by atoms with Crippen molar-refractivity contribution in [1.29, 1.82) is 0 Å². The van der Waals surface area contributed by atoms with Gasteiger partial charge in [-0.3, -0.25) is 9.78 Å². The Kier molecular flexibility index (Phi) is 16.2. The summed E-state index contributed by atoms with van der Waals surface area (Å²) in [5, 5.41) is 31.4. The Labute approximate surface area is 330 Å². The van der Waals surface area contributed by atoms with E-state index in [1.54, 1.807) is 24.9 Å². The van der Waals surface area contributed by atoms with Crippen LogP contribution in [0.25, 0.3) is 0 Å². The molecule has 1 amide bonds. The molecule has 0 unspecified atom stereocenters. The number of anilines is 6. The molecule has 0 saturated carbocycles. The van der Waals surface area contributed by atoms with Crippen LogP contribution in [0.3, 0.4) is 0 Å². The van der Waals surface area contributed by atoms with Gasteiger partial charge in [-0.05, 0) is 67.0 Å². The van der Waals surface area contributed by atoms with Crippen molar-refractivity contribution in [2.24, 2.45) is 5.92 Å². The Balaban J connectivity index is 0.000000365. The number of nitrogens with zero attached hydrogens (tertiary/aromatic N) is 5. The van der Waals surface area contributed by atoms with E-state index in [1.165, 1.54) is 0 Å². The summed E-state index contributed by atoms with van der Waals surface area (Å²) in [7, 11) is 0. The van der Waals surface area contributed by atoms with Crippen molar-refractivity contribution in [3.05, 3.63) is 71.5 Å². The first kappa shape index (κ1) is 47.0. The number of rotatable bonds is 4. The van der Waals surface area contributed by atoms with Crippen LogP contribution in [0.1, 0.15) is 30.4 Å². The number of halogens is 10. The van der Waals surface area contributed by atoms with Crippen molar-refractivity contribution in [3.63, 3.8) is 0 Å². The van der Waals surface area contributed by atoms with E-state index in [0.29, 0.717) is 35.1 Å². The van der Waals surface area contributed by atoms with Gasteiger partial charge in [-0.2, -0.15) is 44.5 Å². The molecular weight excluding hydrogens is 843 g/mol. The monoisotopic (exact) mass is 872 g/mol. The molecule has 2 aliphatic rings. The minimum atomic E-state index is -5.08. The number of benzene rings is 1. The van der Waals surface area contributed by atoms with Crippen molar-refractivity contribution in [2.45, 2.75) is 50.6 Å². The van der Waals surface area contributed by atoms with Gasteiger partial charge < -0.3 is 40.6 Å². The number of aryl methyl sites for hydroxylation is 2. The Morgan fingerprint density at radius 2 is 1.41 bits per heavy atom. The maximum absolute atomic E-state index is 13.1. The minimum absolute atomic E-state index is 0.0239. The van der Waals surface area contributed by atoms with Crippen LogP contribution in [0.4, 0.5) is 74.4 Å². The lowest BCUT2D eigenvalue weighted by molar-refractivity contribution is -0.193. The SMILES string of the molecule is O=C(CC1CCN(c2ncco2)CC1)Nc1ccc2cc1CCc1cncc(c1)Nc1ncc(Cl)c(n1)N2.O=C(O)C(F)(F)F.O=C(O)C(F)(F)F.O=C(O)C(F)(F)F.